The van der Waals surface area contributed by atoms with Gasteiger partial charge in [-0.3, -0.25) is 4.98 Å². The number of hydrogen-bond donors (Lipinski definition) is 1. The van der Waals surface area contributed by atoms with Crippen molar-refractivity contribution in [3.05, 3.63) is 42.1 Å². The largest absolute Gasteiger partial charge is 0.497 e. The van der Waals surface area contributed by atoms with Crippen LogP contribution in [-0.2, 0) is 0 Å². The molecule has 0 fully saturated rings. The lowest BCUT2D eigenvalue weighted by atomic mass is 10.0. The Kier molecular flexibility index (Phi) is 2.77. The lowest BCUT2D eigenvalue weighted by Crippen LogP contribution is -1.91. The molecule has 82 valence electrons. The summed E-state index contributed by atoms with van der Waals surface area (Å²) in [6, 6.07) is 9.70. The smallest absolute Gasteiger partial charge is 0.119 e. The van der Waals surface area contributed by atoms with Gasteiger partial charge in [0, 0.05) is 5.56 Å². The van der Waals surface area contributed by atoms with Gasteiger partial charge in [-0.15, -0.1) is 0 Å². The summed E-state index contributed by atoms with van der Waals surface area (Å²) in [5.74, 6) is 0.858. The van der Waals surface area contributed by atoms with Gasteiger partial charge in [-0.25, -0.2) is 0 Å². The minimum atomic E-state index is 0.676. The zero-order valence-corrected chi connectivity index (χ0v) is 9.40. The molecule has 3 heteroatoms. The van der Waals surface area contributed by atoms with Crippen LogP contribution in [0.25, 0.3) is 11.3 Å². The number of pyridine rings is 1. The van der Waals surface area contributed by atoms with E-state index in [-0.39, 0.29) is 0 Å². The molecule has 0 amide bonds. The molecule has 0 aliphatic carbocycles. The van der Waals surface area contributed by atoms with E-state index in [1.165, 1.54) is 0 Å². The Morgan fingerprint density at radius 3 is 2.56 bits per heavy atom. The van der Waals surface area contributed by atoms with Gasteiger partial charge in [0.05, 0.1) is 24.7 Å². The van der Waals surface area contributed by atoms with Crippen molar-refractivity contribution in [2.75, 3.05) is 12.8 Å². The summed E-state index contributed by atoms with van der Waals surface area (Å²) in [5.41, 5.74) is 9.44. The van der Waals surface area contributed by atoms with Gasteiger partial charge in [0.2, 0.25) is 0 Å². The first-order valence-electron chi connectivity index (χ1n) is 5.07. The number of rotatable bonds is 2. The Morgan fingerprint density at radius 1 is 1.19 bits per heavy atom. The maximum Gasteiger partial charge on any atom is 0.119 e. The third-order valence-electron chi connectivity index (χ3n) is 2.50. The molecule has 0 aliphatic rings. The average molecular weight is 214 g/mol. The van der Waals surface area contributed by atoms with Crippen LogP contribution in [0.2, 0.25) is 0 Å². The molecule has 2 N–H and O–H groups in total. The molecular weight excluding hydrogens is 200 g/mol. The zero-order chi connectivity index (χ0) is 11.5. The topological polar surface area (TPSA) is 48.1 Å². The van der Waals surface area contributed by atoms with E-state index in [9.17, 15) is 0 Å². The van der Waals surface area contributed by atoms with Gasteiger partial charge in [0.15, 0.2) is 0 Å². The molecule has 0 aliphatic heterocycles. The number of hydrogen-bond acceptors (Lipinski definition) is 3. The highest BCUT2D eigenvalue weighted by Gasteiger charge is 2.04. The number of nitrogen functional groups attached to an aromatic ring is 1. The van der Waals surface area contributed by atoms with Gasteiger partial charge >= 0.3 is 0 Å². The van der Waals surface area contributed by atoms with Gasteiger partial charge in [0.1, 0.15) is 5.75 Å². The molecule has 0 unspecified atom stereocenters. The molecule has 1 aromatic heterocycles. The van der Waals surface area contributed by atoms with E-state index in [0.29, 0.717) is 5.69 Å². The van der Waals surface area contributed by atoms with E-state index in [1.54, 1.807) is 13.3 Å². The number of nitrogens with zero attached hydrogens (tertiary/aromatic N) is 1. The van der Waals surface area contributed by atoms with E-state index in [4.69, 9.17) is 10.5 Å². The minimum absolute atomic E-state index is 0.676. The molecule has 2 aromatic rings. The van der Waals surface area contributed by atoms with E-state index >= 15 is 0 Å². The van der Waals surface area contributed by atoms with Crippen molar-refractivity contribution in [3.63, 3.8) is 0 Å². The summed E-state index contributed by atoms with van der Waals surface area (Å²) < 4.78 is 5.16. The molecule has 1 aromatic carbocycles. The Bertz CT molecular complexity index is 492. The van der Waals surface area contributed by atoms with E-state index < -0.39 is 0 Å². The normalized spacial score (nSPS) is 10.1. The van der Waals surface area contributed by atoms with Crippen LogP contribution in [0.3, 0.4) is 0 Å². The predicted molar refractivity (Wildman–Crippen MR) is 65.4 cm³/mol. The number of aromatic nitrogens is 1. The average Bonchev–Trinajstić information content (AvgIpc) is 2.30. The molecule has 0 bridgehead atoms. The Hall–Kier alpha value is -2.03. The molecule has 3 nitrogen and oxygen atoms in total. The summed E-state index contributed by atoms with van der Waals surface area (Å²) >= 11 is 0. The van der Waals surface area contributed by atoms with Crippen LogP contribution in [-0.4, -0.2) is 12.1 Å². The lowest BCUT2D eigenvalue weighted by Gasteiger charge is -2.07. The van der Waals surface area contributed by atoms with E-state index in [2.05, 4.69) is 4.98 Å². The Morgan fingerprint density at radius 2 is 2.00 bits per heavy atom. The Balaban J connectivity index is 2.44. The van der Waals surface area contributed by atoms with Crippen molar-refractivity contribution in [2.24, 2.45) is 0 Å². The first-order valence-corrected chi connectivity index (χ1v) is 5.07. The highest BCUT2D eigenvalue weighted by atomic mass is 16.5. The summed E-state index contributed by atoms with van der Waals surface area (Å²) in [4.78, 5) is 4.30. The van der Waals surface area contributed by atoms with Crippen LogP contribution in [0.15, 0.2) is 36.5 Å². The van der Waals surface area contributed by atoms with Crippen LogP contribution < -0.4 is 10.5 Å². The molecule has 0 saturated heterocycles. The minimum Gasteiger partial charge on any atom is -0.497 e. The number of ether oxygens (including phenoxy) is 1. The second kappa shape index (κ2) is 4.23. The summed E-state index contributed by atoms with van der Waals surface area (Å²) in [7, 11) is 1.66. The molecule has 0 spiro atoms. The molecule has 2 rings (SSSR count). The monoisotopic (exact) mass is 214 g/mol. The fourth-order valence-corrected chi connectivity index (χ4v) is 1.62. The van der Waals surface area contributed by atoms with Gasteiger partial charge in [-0.05, 0) is 42.8 Å². The number of nitrogens with two attached hydrogens (primary N) is 1. The first kappa shape index (κ1) is 10.5. The second-order valence-corrected chi connectivity index (χ2v) is 3.66. The second-order valence-electron chi connectivity index (χ2n) is 3.66. The maximum absolute atomic E-state index is 5.61. The molecule has 0 radical (unpaired) electrons. The molecular formula is C13H14N2O. The highest BCUT2D eigenvalue weighted by Crippen LogP contribution is 2.25. The predicted octanol–water partition coefficient (Wildman–Crippen LogP) is 2.65. The third-order valence-corrected chi connectivity index (χ3v) is 2.50. The molecule has 0 saturated carbocycles. The van der Waals surface area contributed by atoms with E-state index in [0.717, 1.165) is 22.6 Å². The summed E-state index contributed by atoms with van der Waals surface area (Å²) in [6.07, 6.45) is 1.67. The van der Waals surface area contributed by atoms with E-state index in [1.807, 2.05) is 37.3 Å². The summed E-state index contributed by atoms with van der Waals surface area (Å²) in [6.45, 7) is 2.04. The quantitative estimate of drug-likeness (QED) is 0.836. The van der Waals surface area contributed by atoms with Crippen LogP contribution in [0.5, 0.6) is 5.75 Å². The number of methoxy groups -OCH3 is 1. The zero-order valence-electron chi connectivity index (χ0n) is 9.40. The maximum atomic E-state index is 5.61. The van der Waals surface area contributed by atoms with Gasteiger partial charge in [-0.1, -0.05) is 0 Å². The van der Waals surface area contributed by atoms with Crippen molar-refractivity contribution < 1.29 is 4.74 Å². The highest BCUT2D eigenvalue weighted by molar-refractivity contribution is 5.65. The van der Waals surface area contributed by atoms with Gasteiger partial charge in [0.25, 0.3) is 0 Å². The fraction of sp³-hybridized carbons (Fsp3) is 0.154. The van der Waals surface area contributed by atoms with Crippen molar-refractivity contribution in [1.29, 1.82) is 0 Å². The third kappa shape index (κ3) is 1.98. The molecule has 0 atom stereocenters. The first-order chi connectivity index (χ1) is 7.70. The Labute approximate surface area is 94.9 Å². The number of benzene rings is 1. The fourth-order valence-electron chi connectivity index (χ4n) is 1.62. The van der Waals surface area contributed by atoms with Crippen molar-refractivity contribution >= 4 is 5.69 Å². The molecule has 1 heterocycles. The van der Waals surface area contributed by atoms with Gasteiger partial charge < -0.3 is 10.5 Å². The lowest BCUT2D eigenvalue weighted by molar-refractivity contribution is 0.414. The van der Waals surface area contributed by atoms with Gasteiger partial charge in [-0.2, -0.15) is 0 Å². The number of aryl methyl sites for hydroxylation is 1. The SMILES string of the molecule is COc1ccc(-c2ccc(N)cn2)c(C)c1. The molecule has 16 heavy (non-hydrogen) atoms. The van der Waals surface area contributed by atoms with Crippen molar-refractivity contribution in [1.82, 2.24) is 4.98 Å². The van der Waals surface area contributed by atoms with Crippen LogP contribution in [0.4, 0.5) is 5.69 Å². The van der Waals surface area contributed by atoms with Crippen LogP contribution >= 0.6 is 0 Å². The summed E-state index contributed by atoms with van der Waals surface area (Å²) in [5, 5.41) is 0. The van der Waals surface area contributed by atoms with Crippen LogP contribution in [0, 0.1) is 6.92 Å². The van der Waals surface area contributed by atoms with Crippen molar-refractivity contribution in [2.45, 2.75) is 6.92 Å². The standard InChI is InChI=1S/C13H14N2O/c1-9-7-11(16-2)4-5-12(9)13-6-3-10(14)8-15-13/h3-8H,14H2,1-2H3. The van der Waals surface area contributed by atoms with Crippen LogP contribution in [0.1, 0.15) is 5.56 Å². The number of anilines is 1. The van der Waals surface area contributed by atoms with Crippen molar-refractivity contribution in [3.8, 4) is 17.0 Å².